The first-order chi connectivity index (χ1) is 12.4. The molecule has 0 heterocycles. The van der Waals surface area contributed by atoms with Gasteiger partial charge < -0.3 is 15.4 Å². The molecule has 0 bridgehead atoms. The topological polar surface area (TPSA) is 84.5 Å². The van der Waals surface area contributed by atoms with Crippen LogP contribution >= 0.6 is 0 Å². The zero-order valence-corrected chi connectivity index (χ0v) is 16.6. The molecule has 0 aromatic carbocycles. The number of Topliss-reactive ketones (excluding diaryl/α,β-unsaturated/α-hetero) is 1. The van der Waals surface area contributed by atoms with Crippen molar-refractivity contribution in [3.8, 4) is 0 Å². The predicted molar refractivity (Wildman–Crippen MR) is 102 cm³/mol. The van der Waals surface area contributed by atoms with Crippen LogP contribution in [0.1, 0.15) is 72.1 Å². The van der Waals surface area contributed by atoms with Gasteiger partial charge in [0, 0.05) is 37.8 Å². The summed E-state index contributed by atoms with van der Waals surface area (Å²) in [6.45, 7) is 7.36. The molecule has 2 N–H and O–H groups in total. The van der Waals surface area contributed by atoms with E-state index in [9.17, 15) is 14.4 Å². The summed E-state index contributed by atoms with van der Waals surface area (Å²) in [5, 5.41) is 5.85. The number of amides is 2. The van der Waals surface area contributed by atoms with E-state index in [2.05, 4.69) is 24.5 Å². The number of hydrogen-bond donors (Lipinski definition) is 2. The molecule has 26 heavy (non-hydrogen) atoms. The molecule has 1 aliphatic rings. The van der Waals surface area contributed by atoms with Crippen molar-refractivity contribution in [2.24, 2.45) is 11.8 Å². The molecule has 0 atom stereocenters. The molecule has 6 nitrogen and oxygen atoms in total. The highest BCUT2D eigenvalue weighted by Crippen LogP contribution is 2.25. The zero-order valence-electron chi connectivity index (χ0n) is 16.6. The molecule has 1 aliphatic carbocycles. The molecule has 6 heteroatoms. The van der Waals surface area contributed by atoms with E-state index in [4.69, 9.17) is 4.74 Å². The van der Waals surface area contributed by atoms with Gasteiger partial charge in [0.1, 0.15) is 5.78 Å². The summed E-state index contributed by atoms with van der Waals surface area (Å²) in [6.07, 6.45) is 5.89. The molecule has 1 fully saturated rings. The Bertz CT molecular complexity index is 443. The summed E-state index contributed by atoms with van der Waals surface area (Å²) >= 11 is 0. The van der Waals surface area contributed by atoms with Gasteiger partial charge in [-0.2, -0.15) is 0 Å². The van der Waals surface area contributed by atoms with Crippen molar-refractivity contribution >= 4 is 17.6 Å². The lowest BCUT2D eigenvalue weighted by molar-refractivity contribution is -0.125. The molecule has 0 radical (unpaired) electrons. The van der Waals surface area contributed by atoms with Crippen LogP contribution in [0.3, 0.4) is 0 Å². The number of nitrogens with one attached hydrogen (secondary N) is 2. The van der Waals surface area contributed by atoms with E-state index in [0.29, 0.717) is 50.7 Å². The van der Waals surface area contributed by atoms with E-state index < -0.39 is 0 Å². The first-order valence-corrected chi connectivity index (χ1v) is 10.1. The van der Waals surface area contributed by atoms with Crippen LogP contribution in [0.2, 0.25) is 0 Å². The number of ether oxygens (including phenoxy) is 1. The van der Waals surface area contributed by atoms with Gasteiger partial charge in [-0.15, -0.1) is 0 Å². The standard InChI is InChI=1S/C20H36N2O4/c1-4-18(23)16-6-8-17(9-7-16)22-20(25)11-13-26-14-12-21-19(24)10-5-15(2)3/h15-17H,4-14H2,1-3H3,(H,21,24)(H,22,25). The SMILES string of the molecule is CCC(=O)C1CCC(NC(=O)CCOCCNC(=O)CCC(C)C)CC1. The lowest BCUT2D eigenvalue weighted by Crippen LogP contribution is -2.39. The summed E-state index contributed by atoms with van der Waals surface area (Å²) in [7, 11) is 0. The Morgan fingerprint density at radius 3 is 2.31 bits per heavy atom. The Balaban J connectivity index is 2.01. The average Bonchev–Trinajstić information content (AvgIpc) is 2.62. The molecule has 150 valence electrons. The summed E-state index contributed by atoms with van der Waals surface area (Å²) in [6, 6.07) is 0.184. The molecule has 1 rings (SSSR count). The maximum Gasteiger partial charge on any atom is 0.222 e. The largest absolute Gasteiger partial charge is 0.379 e. The second-order valence-electron chi connectivity index (χ2n) is 7.58. The fourth-order valence-corrected chi connectivity index (χ4v) is 3.19. The predicted octanol–water partition coefficient (Wildman–Crippen LogP) is 2.60. The van der Waals surface area contributed by atoms with Gasteiger partial charge in [0.05, 0.1) is 13.2 Å². The van der Waals surface area contributed by atoms with Crippen LogP contribution in [0.25, 0.3) is 0 Å². The average molecular weight is 369 g/mol. The number of carbonyl (C=O) groups excluding carboxylic acids is 3. The second-order valence-corrected chi connectivity index (χ2v) is 7.58. The van der Waals surface area contributed by atoms with Gasteiger partial charge in [0.25, 0.3) is 0 Å². The van der Waals surface area contributed by atoms with Crippen molar-refractivity contribution in [1.29, 1.82) is 0 Å². The molecule has 0 saturated heterocycles. The lowest BCUT2D eigenvalue weighted by atomic mass is 9.83. The van der Waals surface area contributed by atoms with E-state index in [1.165, 1.54) is 0 Å². The van der Waals surface area contributed by atoms with Crippen LogP contribution in [0, 0.1) is 11.8 Å². The highest BCUT2D eigenvalue weighted by molar-refractivity contribution is 5.81. The summed E-state index contributed by atoms with van der Waals surface area (Å²) in [4.78, 5) is 35.2. The van der Waals surface area contributed by atoms with Crippen molar-refractivity contribution in [3.63, 3.8) is 0 Å². The Hall–Kier alpha value is -1.43. The number of hydrogen-bond acceptors (Lipinski definition) is 4. The van der Waals surface area contributed by atoms with Gasteiger partial charge in [-0.3, -0.25) is 14.4 Å². The maximum absolute atomic E-state index is 11.9. The summed E-state index contributed by atoms with van der Waals surface area (Å²) in [5.74, 6) is 1.11. The first-order valence-electron chi connectivity index (χ1n) is 10.1. The van der Waals surface area contributed by atoms with Crippen LogP contribution in [-0.4, -0.2) is 43.4 Å². The Kier molecular flexibility index (Phi) is 11.2. The second kappa shape index (κ2) is 12.8. The van der Waals surface area contributed by atoms with E-state index >= 15 is 0 Å². The third-order valence-electron chi connectivity index (χ3n) is 4.89. The van der Waals surface area contributed by atoms with Gasteiger partial charge >= 0.3 is 0 Å². The number of ketones is 1. The Morgan fingerprint density at radius 1 is 1.00 bits per heavy atom. The quantitative estimate of drug-likeness (QED) is 0.519. The molecule has 2 amide bonds. The maximum atomic E-state index is 11.9. The van der Waals surface area contributed by atoms with Gasteiger partial charge in [0.15, 0.2) is 0 Å². The molecule has 0 unspecified atom stereocenters. The number of rotatable bonds is 12. The van der Waals surface area contributed by atoms with Crippen LogP contribution in [-0.2, 0) is 19.1 Å². The van der Waals surface area contributed by atoms with E-state index in [1.807, 2.05) is 6.92 Å². The minimum Gasteiger partial charge on any atom is -0.379 e. The van der Waals surface area contributed by atoms with Gasteiger partial charge in [-0.05, 0) is 38.0 Å². The smallest absolute Gasteiger partial charge is 0.222 e. The van der Waals surface area contributed by atoms with Crippen LogP contribution in [0.5, 0.6) is 0 Å². The normalized spacial score (nSPS) is 20.0. The summed E-state index contributed by atoms with van der Waals surface area (Å²) < 4.78 is 5.41. The fraction of sp³-hybridized carbons (Fsp3) is 0.850. The Labute approximate surface area is 157 Å². The van der Waals surface area contributed by atoms with E-state index in [-0.39, 0.29) is 23.8 Å². The van der Waals surface area contributed by atoms with Gasteiger partial charge in [-0.1, -0.05) is 20.8 Å². The molecular weight excluding hydrogens is 332 g/mol. The third kappa shape index (κ3) is 9.90. The number of carbonyl (C=O) groups is 3. The lowest BCUT2D eigenvalue weighted by Gasteiger charge is -2.28. The minimum atomic E-state index is -0.00348. The van der Waals surface area contributed by atoms with Crippen molar-refractivity contribution in [1.82, 2.24) is 10.6 Å². The van der Waals surface area contributed by atoms with Crippen molar-refractivity contribution in [2.45, 2.75) is 78.2 Å². The molecule has 0 aromatic heterocycles. The van der Waals surface area contributed by atoms with Crippen molar-refractivity contribution in [2.75, 3.05) is 19.8 Å². The van der Waals surface area contributed by atoms with E-state index in [1.54, 1.807) is 0 Å². The molecule has 0 aliphatic heterocycles. The van der Waals surface area contributed by atoms with E-state index in [0.717, 1.165) is 32.1 Å². The zero-order chi connectivity index (χ0) is 19.4. The highest BCUT2D eigenvalue weighted by atomic mass is 16.5. The molecular formula is C20H36N2O4. The molecule has 1 saturated carbocycles. The summed E-state index contributed by atoms with van der Waals surface area (Å²) in [5.41, 5.74) is 0. The fourth-order valence-electron chi connectivity index (χ4n) is 3.19. The highest BCUT2D eigenvalue weighted by Gasteiger charge is 2.25. The molecule has 0 spiro atoms. The Morgan fingerprint density at radius 2 is 1.69 bits per heavy atom. The monoisotopic (exact) mass is 368 g/mol. The van der Waals surface area contributed by atoms with Crippen molar-refractivity contribution in [3.05, 3.63) is 0 Å². The van der Waals surface area contributed by atoms with Gasteiger partial charge in [0.2, 0.25) is 11.8 Å². The van der Waals surface area contributed by atoms with Crippen molar-refractivity contribution < 1.29 is 19.1 Å². The minimum absolute atomic E-state index is 0.00348. The molecule has 0 aromatic rings. The third-order valence-corrected chi connectivity index (χ3v) is 4.89. The van der Waals surface area contributed by atoms with Crippen LogP contribution in [0.4, 0.5) is 0 Å². The first kappa shape index (κ1) is 22.6. The van der Waals surface area contributed by atoms with Crippen LogP contribution < -0.4 is 10.6 Å². The van der Waals surface area contributed by atoms with Gasteiger partial charge in [-0.25, -0.2) is 0 Å². The van der Waals surface area contributed by atoms with Crippen LogP contribution in [0.15, 0.2) is 0 Å².